The van der Waals surface area contributed by atoms with Crippen LogP contribution in [0.5, 0.6) is 5.75 Å². The van der Waals surface area contributed by atoms with Crippen molar-refractivity contribution in [2.24, 2.45) is 4.99 Å². The van der Waals surface area contributed by atoms with E-state index >= 15 is 0 Å². The van der Waals surface area contributed by atoms with Crippen LogP contribution in [-0.2, 0) is 9.53 Å². The average molecular weight is 362 g/mol. The molecular weight excluding hydrogens is 332 g/mol. The Morgan fingerprint density at radius 3 is 2.77 bits per heavy atom. The lowest BCUT2D eigenvalue weighted by atomic mass is 10.1. The number of hydrogen-bond donors (Lipinski definition) is 2. The number of nitrogens with zero attached hydrogens (tertiary/aromatic N) is 2. The van der Waals surface area contributed by atoms with Crippen molar-refractivity contribution < 1.29 is 14.3 Å². The van der Waals surface area contributed by atoms with Crippen LogP contribution in [0.25, 0.3) is 0 Å². The van der Waals surface area contributed by atoms with Crippen LogP contribution in [0.4, 0.5) is 5.69 Å². The highest BCUT2D eigenvalue weighted by Crippen LogP contribution is 2.17. The number of benzene rings is 1. The molecule has 1 saturated heterocycles. The number of anilines is 1. The van der Waals surface area contributed by atoms with Gasteiger partial charge in [-0.3, -0.25) is 9.79 Å². The summed E-state index contributed by atoms with van der Waals surface area (Å²) >= 11 is 0. The topological polar surface area (TPSA) is 75.2 Å². The molecule has 1 fully saturated rings. The second kappa shape index (κ2) is 10.7. The van der Waals surface area contributed by atoms with Gasteiger partial charge in [-0.15, -0.1) is 0 Å². The number of carbonyl (C=O) groups excluding carboxylic acids is 1. The molecule has 0 aliphatic carbocycles. The van der Waals surface area contributed by atoms with Gasteiger partial charge in [-0.05, 0) is 31.9 Å². The lowest BCUT2D eigenvalue weighted by Crippen LogP contribution is -2.47. The SMILES string of the molecule is CCOC1CCN(C(=NC)NCCOc2cccc(NC(C)=O)c2)CC1. The van der Waals surface area contributed by atoms with E-state index in [1.54, 1.807) is 7.05 Å². The summed E-state index contributed by atoms with van der Waals surface area (Å²) in [5, 5.41) is 6.09. The fraction of sp³-hybridized carbons (Fsp3) is 0.579. The van der Waals surface area contributed by atoms with Crippen LogP contribution in [0.2, 0.25) is 0 Å². The summed E-state index contributed by atoms with van der Waals surface area (Å²) in [6.07, 6.45) is 2.43. The molecule has 0 bridgehead atoms. The van der Waals surface area contributed by atoms with Crippen LogP contribution in [-0.4, -0.2) is 62.8 Å². The van der Waals surface area contributed by atoms with Crippen LogP contribution in [0.1, 0.15) is 26.7 Å². The van der Waals surface area contributed by atoms with E-state index in [2.05, 4.69) is 20.5 Å². The van der Waals surface area contributed by atoms with Crippen molar-refractivity contribution in [1.29, 1.82) is 0 Å². The molecule has 7 heteroatoms. The number of ether oxygens (including phenoxy) is 2. The first-order valence-corrected chi connectivity index (χ1v) is 9.20. The quantitative estimate of drug-likeness (QED) is 0.441. The molecule has 1 aliphatic heterocycles. The minimum absolute atomic E-state index is 0.0966. The fourth-order valence-corrected chi connectivity index (χ4v) is 3.00. The summed E-state index contributed by atoms with van der Waals surface area (Å²) in [5.41, 5.74) is 0.732. The lowest BCUT2D eigenvalue weighted by Gasteiger charge is -2.34. The molecule has 1 aromatic rings. The monoisotopic (exact) mass is 362 g/mol. The molecule has 26 heavy (non-hydrogen) atoms. The molecule has 7 nitrogen and oxygen atoms in total. The van der Waals surface area contributed by atoms with Gasteiger partial charge in [0.05, 0.1) is 12.6 Å². The van der Waals surface area contributed by atoms with Gasteiger partial charge in [-0.2, -0.15) is 0 Å². The molecule has 0 saturated carbocycles. The van der Waals surface area contributed by atoms with Gasteiger partial charge in [-0.25, -0.2) is 0 Å². The molecule has 1 aliphatic rings. The van der Waals surface area contributed by atoms with E-state index in [-0.39, 0.29) is 5.91 Å². The maximum atomic E-state index is 11.1. The Bertz CT molecular complexity index is 598. The summed E-state index contributed by atoms with van der Waals surface area (Å²) in [4.78, 5) is 17.7. The van der Waals surface area contributed by atoms with Crippen molar-refractivity contribution in [3.05, 3.63) is 24.3 Å². The Morgan fingerprint density at radius 1 is 1.35 bits per heavy atom. The van der Waals surface area contributed by atoms with Gasteiger partial charge in [-0.1, -0.05) is 6.07 Å². The first-order valence-electron chi connectivity index (χ1n) is 9.20. The van der Waals surface area contributed by atoms with Crippen LogP contribution in [0.3, 0.4) is 0 Å². The highest BCUT2D eigenvalue weighted by atomic mass is 16.5. The van der Waals surface area contributed by atoms with Crippen molar-refractivity contribution in [2.45, 2.75) is 32.8 Å². The van der Waals surface area contributed by atoms with Crippen LogP contribution in [0, 0.1) is 0 Å². The second-order valence-corrected chi connectivity index (χ2v) is 6.17. The molecule has 0 radical (unpaired) electrons. The Morgan fingerprint density at radius 2 is 2.12 bits per heavy atom. The Kier molecular flexibility index (Phi) is 8.21. The van der Waals surface area contributed by atoms with Gasteiger partial charge in [0.2, 0.25) is 5.91 Å². The standard InChI is InChI=1S/C19H30N4O3/c1-4-25-17-8-11-23(12-9-17)19(20-3)21-10-13-26-18-7-5-6-16(14-18)22-15(2)24/h5-7,14,17H,4,8-13H2,1-3H3,(H,20,21)(H,22,24). The van der Waals surface area contributed by atoms with Gasteiger partial charge in [0.15, 0.2) is 5.96 Å². The van der Waals surface area contributed by atoms with Crippen LogP contribution < -0.4 is 15.4 Å². The zero-order valence-corrected chi connectivity index (χ0v) is 16.0. The fourth-order valence-electron chi connectivity index (χ4n) is 3.00. The number of nitrogens with one attached hydrogen (secondary N) is 2. The molecule has 1 amide bonds. The molecule has 0 unspecified atom stereocenters. The number of hydrogen-bond acceptors (Lipinski definition) is 4. The van der Waals surface area contributed by atoms with Crippen molar-refractivity contribution in [3.8, 4) is 5.75 Å². The zero-order valence-electron chi connectivity index (χ0n) is 16.0. The molecule has 144 valence electrons. The summed E-state index contributed by atoms with van der Waals surface area (Å²) < 4.78 is 11.4. The van der Waals surface area contributed by atoms with Crippen molar-refractivity contribution in [1.82, 2.24) is 10.2 Å². The molecular formula is C19H30N4O3. The first-order chi connectivity index (χ1) is 12.6. The summed E-state index contributed by atoms with van der Waals surface area (Å²) in [7, 11) is 1.80. The molecule has 0 atom stereocenters. The van der Waals surface area contributed by atoms with Crippen molar-refractivity contribution >= 4 is 17.6 Å². The number of carbonyl (C=O) groups is 1. The van der Waals surface area contributed by atoms with E-state index in [0.717, 1.165) is 49.9 Å². The van der Waals surface area contributed by atoms with E-state index in [0.29, 0.717) is 19.3 Å². The van der Waals surface area contributed by atoms with Gasteiger partial charge in [0.25, 0.3) is 0 Å². The van der Waals surface area contributed by atoms with E-state index in [4.69, 9.17) is 9.47 Å². The van der Waals surface area contributed by atoms with Gasteiger partial charge in [0, 0.05) is 45.4 Å². The van der Waals surface area contributed by atoms with E-state index in [1.807, 2.05) is 31.2 Å². The Balaban J connectivity index is 1.72. The van der Waals surface area contributed by atoms with Crippen molar-refractivity contribution in [3.63, 3.8) is 0 Å². The maximum absolute atomic E-state index is 11.1. The largest absolute Gasteiger partial charge is 0.492 e. The molecule has 0 spiro atoms. The van der Waals surface area contributed by atoms with Crippen LogP contribution in [0.15, 0.2) is 29.3 Å². The highest BCUT2D eigenvalue weighted by Gasteiger charge is 2.21. The third-order valence-corrected chi connectivity index (χ3v) is 4.16. The molecule has 2 rings (SSSR count). The third-order valence-electron chi connectivity index (χ3n) is 4.16. The Labute approximate surface area is 155 Å². The third kappa shape index (κ3) is 6.55. The van der Waals surface area contributed by atoms with Gasteiger partial charge >= 0.3 is 0 Å². The number of aliphatic imine (C=N–C) groups is 1. The number of piperidine rings is 1. The molecule has 1 heterocycles. The summed E-state index contributed by atoms with van der Waals surface area (Å²) in [5.74, 6) is 1.53. The minimum atomic E-state index is -0.0966. The minimum Gasteiger partial charge on any atom is -0.492 e. The summed E-state index contributed by atoms with van der Waals surface area (Å²) in [6, 6.07) is 7.38. The van der Waals surface area contributed by atoms with E-state index in [1.165, 1.54) is 6.92 Å². The maximum Gasteiger partial charge on any atom is 0.221 e. The molecule has 1 aromatic carbocycles. The Hall–Kier alpha value is -2.28. The lowest BCUT2D eigenvalue weighted by molar-refractivity contribution is -0.114. The zero-order chi connectivity index (χ0) is 18.8. The summed E-state index contributed by atoms with van der Waals surface area (Å²) in [6.45, 7) is 7.37. The molecule has 2 N–H and O–H groups in total. The average Bonchev–Trinajstić information content (AvgIpc) is 2.63. The molecule has 0 aromatic heterocycles. The predicted molar refractivity (Wildman–Crippen MR) is 104 cm³/mol. The predicted octanol–water partition coefficient (Wildman–Crippen LogP) is 2.10. The van der Waals surface area contributed by atoms with Gasteiger partial charge in [0.1, 0.15) is 12.4 Å². The first kappa shape index (κ1) is 20.0. The number of amides is 1. The normalized spacial score (nSPS) is 15.7. The van der Waals surface area contributed by atoms with Gasteiger partial charge < -0.3 is 25.0 Å². The second-order valence-electron chi connectivity index (χ2n) is 6.17. The number of rotatable bonds is 7. The van der Waals surface area contributed by atoms with E-state index in [9.17, 15) is 4.79 Å². The highest BCUT2D eigenvalue weighted by molar-refractivity contribution is 5.88. The van der Waals surface area contributed by atoms with Crippen molar-refractivity contribution in [2.75, 3.05) is 45.2 Å². The number of guanidine groups is 1. The van der Waals surface area contributed by atoms with Crippen LogP contribution >= 0.6 is 0 Å². The van der Waals surface area contributed by atoms with E-state index < -0.39 is 0 Å². The smallest absolute Gasteiger partial charge is 0.221 e. The number of likely N-dealkylation sites (tertiary alicyclic amines) is 1.